The van der Waals surface area contributed by atoms with Gasteiger partial charge in [0.1, 0.15) is 0 Å². The Hall–Kier alpha value is -1.84. The summed E-state index contributed by atoms with van der Waals surface area (Å²) in [5.41, 5.74) is 1.38. The van der Waals surface area contributed by atoms with Gasteiger partial charge in [-0.15, -0.1) is 0 Å². The van der Waals surface area contributed by atoms with Crippen molar-refractivity contribution in [3.05, 3.63) is 33.3 Å². The summed E-state index contributed by atoms with van der Waals surface area (Å²) in [4.78, 5) is 12.2. The van der Waals surface area contributed by atoms with Crippen molar-refractivity contribution < 1.29 is 18.0 Å². The largest absolute Gasteiger partial charge is 0.435 e. The number of carbonyl (C=O) groups is 1. The van der Waals surface area contributed by atoms with E-state index in [1.807, 2.05) is 18.5 Å². The number of aromatic nitrogens is 4. The Kier molecular flexibility index (Phi) is 6.72. The Labute approximate surface area is 164 Å². The summed E-state index contributed by atoms with van der Waals surface area (Å²) in [6.45, 7) is 8.31. The average molecular weight is 450 g/mol. The molecule has 1 atom stereocenters. The van der Waals surface area contributed by atoms with E-state index >= 15 is 0 Å². The summed E-state index contributed by atoms with van der Waals surface area (Å²) in [7, 11) is 0. The molecule has 6 nitrogen and oxygen atoms in total. The number of nitrogens with zero attached hydrogens (tertiary/aromatic N) is 4. The normalized spacial score (nSPS) is 13.0. The van der Waals surface area contributed by atoms with E-state index in [4.69, 9.17) is 0 Å². The van der Waals surface area contributed by atoms with Gasteiger partial charge in [-0.3, -0.25) is 14.2 Å². The number of amides is 1. The lowest BCUT2D eigenvalue weighted by Gasteiger charge is -2.13. The van der Waals surface area contributed by atoms with Gasteiger partial charge in [0.15, 0.2) is 5.69 Å². The Morgan fingerprint density at radius 3 is 2.44 bits per heavy atom. The summed E-state index contributed by atoms with van der Waals surface area (Å²) < 4.78 is 42.2. The summed E-state index contributed by atoms with van der Waals surface area (Å²) >= 11 is 3.47. The van der Waals surface area contributed by atoms with E-state index in [1.165, 1.54) is 4.68 Å². The summed E-state index contributed by atoms with van der Waals surface area (Å²) in [5.74, 6) is -0.708. The van der Waals surface area contributed by atoms with Gasteiger partial charge >= 0.3 is 6.18 Å². The third kappa shape index (κ3) is 5.33. The second kappa shape index (κ2) is 8.45. The van der Waals surface area contributed by atoms with Crippen molar-refractivity contribution in [1.29, 1.82) is 0 Å². The first-order valence-corrected chi connectivity index (χ1v) is 9.39. The molecule has 0 saturated heterocycles. The fraction of sp³-hybridized carbons (Fsp3) is 0.588. The standard InChI is InChI=1S/C17H23BrF3N5O/c1-10(9-26-11(2)8-14(24-26)17(19,20)21)16(27)22-6-5-7-25-13(4)15(18)12(3)23-25/h8,10H,5-7,9H2,1-4H3,(H,22,27). The fourth-order valence-corrected chi connectivity index (χ4v) is 2.97. The van der Waals surface area contributed by atoms with Crippen LogP contribution in [0.1, 0.15) is 36.1 Å². The number of carbonyl (C=O) groups excluding carboxylic acids is 1. The Morgan fingerprint density at radius 1 is 1.26 bits per heavy atom. The van der Waals surface area contributed by atoms with Crippen LogP contribution in [0.2, 0.25) is 0 Å². The maximum Gasteiger partial charge on any atom is 0.435 e. The molecule has 0 aliphatic carbocycles. The first kappa shape index (κ1) is 21.5. The number of hydrogen-bond donors (Lipinski definition) is 1. The van der Waals surface area contributed by atoms with Crippen molar-refractivity contribution in [3.8, 4) is 0 Å². The molecule has 2 rings (SSSR count). The highest BCUT2D eigenvalue weighted by molar-refractivity contribution is 9.10. The van der Waals surface area contributed by atoms with Crippen LogP contribution in [0.4, 0.5) is 13.2 Å². The molecule has 0 aliphatic heterocycles. The topological polar surface area (TPSA) is 64.7 Å². The zero-order chi connectivity index (χ0) is 20.4. The van der Waals surface area contributed by atoms with Crippen molar-refractivity contribution in [3.63, 3.8) is 0 Å². The van der Waals surface area contributed by atoms with E-state index in [9.17, 15) is 18.0 Å². The summed E-state index contributed by atoms with van der Waals surface area (Å²) in [6.07, 6.45) is -3.79. The zero-order valence-corrected chi connectivity index (χ0v) is 17.3. The number of nitrogens with one attached hydrogen (secondary N) is 1. The molecule has 1 N–H and O–H groups in total. The monoisotopic (exact) mass is 449 g/mol. The highest BCUT2D eigenvalue weighted by atomic mass is 79.9. The van der Waals surface area contributed by atoms with Gasteiger partial charge in [-0.2, -0.15) is 23.4 Å². The maximum atomic E-state index is 12.7. The van der Waals surface area contributed by atoms with Crippen LogP contribution in [-0.2, 0) is 24.1 Å². The van der Waals surface area contributed by atoms with Gasteiger partial charge in [0, 0.05) is 24.5 Å². The van der Waals surface area contributed by atoms with E-state index in [0.29, 0.717) is 25.2 Å². The molecule has 2 aromatic rings. The minimum absolute atomic E-state index is 0.0954. The van der Waals surface area contributed by atoms with Crippen molar-refractivity contribution in [2.45, 2.75) is 53.4 Å². The van der Waals surface area contributed by atoms with E-state index in [-0.39, 0.29) is 12.5 Å². The first-order valence-electron chi connectivity index (χ1n) is 8.59. The molecular formula is C17H23BrF3N5O. The van der Waals surface area contributed by atoms with Gasteiger partial charge in [0.25, 0.3) is 0 Å². The molecule has 2 aromatic heterocycles. The van der Waals surface area contributed by atoms with E-state index in [0.717, 1.165) is 21.9 Å². The minimum Gasteiger partial charge on any atom is -0.356 e. The molecule has 0 saturated carbocycles. The number of alkyl halides is 3. The maximum absolute atomic E-state index is 12.7. The molecule has 1 unspecified atom stereocenters. The lowest BCUT2D eigenvalue weighted by molar-refractivity contribution is -0.141. The molecule has 1 amide bonds. The summed E-state index contributed by atoms with van der Waals surface area (Å²) in [5, 5.41) is 10.8. The average Bonchev–Trinajstić information content (AvgIpc) is 3.06. The van der Waals surface area contributed by atoms with Crippen molar-refractivity contribution in [2.24, 2.45) is 5.92 Å². The third-order valence-electron chi connectivity index (χ3n) is 4.31. The highest BCUT2D eigenvalue weighted by Crippen LogP contribution is 2.28. The lowest BCUT2D eigenvalue weighted by atomic mass is 10.1. The molecule has 0 aromatic carbocycles. The number of halogens is 4. The van der Waals surface area contributed by atoms with Crippen molar-refractivity contribution in [1.82, 2.24) is 24.9 Å². The first-order chi connectivity index (χ1) is 12.5. The molecule has 0 bridgehead atoms. The smallest absolute Gasteiger partial charge is 0.356 e. The summed E-state index contributed by atoms with van der Waals surface area (Å²) in [6, 6.07) is 0.983. The SMILES string of the molecule is Cc1nn(CCCNC(=O)C(C)Cn2nc(C(F)(F)F)cc2C)c(C)c1Br. The molecule has 0 aliphatic rings. The highest BCUT2D eigenvalue weighted by Gasteiger charge is 2.34. The molecule has 2 heterocycles. The Morgan fingerprint density at radius 2 is 1.93 bits per heavy atom. The molecule has 150 valence electrons. The Balaban J connectivity index is 1.82. The van der Waals surface area contributed by atoms with Crippen LogP contribution in [0.25, 0.3) is 0 Å². The van der Waals surface area contributed by atoms with E-state index in [1.54, 1.807) is 13.8 Å². The van der Waals surface area contributed by atoms with Crippen LogP contribution in [0.3, 0.4) is 0 Å². The van der Waals surface area contributed by atoms with Gasteiger partial charge in [0.2, 0.25) is 5.91 Å². The van der Waals surface area contributed by atoms with Gasteiger partial charge in [-0.05, 0) is 49.2 Å². The molecule has 0 spiro atoms. The Bertz CT molecular complexity index is 812. The quantitative estimate of drug-likeness (QED) is 0.656. The van der Waals surface area contributed by atoms with Crippen LogP contribution >= 0.6 is 15.9 Å². The number of rotatable bonds is 7. The lowest BCUT2D eigenvalue weighted by Crippen LogP contribution is -2.33. The van der Waals surface area contributed by atoms with Crippen LogP contribution in [0, 0.1) is 26.7 Å². The second-order valence-corrected chi connectivity index (χ2v) is 7.40. The number of hydrogen-bond acceptors (Lipinski definition) is 3. The van der Waals surface area contributed by atoms with Gasteiger partial charge in [0.05, 0.1) is 22.6 Å². The van der Waals surface area contributed by atoms with Gasteiger partial charge < -0.3 is 5.32 Å². The predicted octanol–water partition coefficient (Wildman–Crippen LogP) is 3.63. The van der Waals surface area contributed by atoms with Crippen LogP contribution in [0.5, 0.6) is 0 Å². The van der Waals surface area contributed by atoms with E-state index < -0.39 is 17.8 Å². The molecule has 10 heteroatoms. The molecular weight excluding hydrogens is 427 g/mol. The third-order valence-corrected chi connectivity index (χ3v) is 5.45. The van der Waals surface area contributed by atoms with Crippen LogP contribution < -0.4 is 5.32 Å². The fourth-order valence-electron chi connectivity index (χ4n) is 2.68. The van der Waals surface area contributed by atoms with Crippen LogP contribution in [0.15, 0.2) is 10.5 Å². The van der Waals surface area contributed by atoms with E-state index in [2.05, 4.69) is 31.4 Å². The van der Waals surface area contributed by atoms with Gasteiger partial charge in [-0.1, -0.05) is 6.92 Å². The van der Waals surface area contributed by atoms with Crippen LogP contribution in [-0.4, -0.2) is 32.0 Å². The van der Waals surface area contributed by atoms with Crippen molar-refractivity contribution in [2.75, 3.05) is 6.54 Å². The molecule has 0 radical (unpaired) electrons. The molecule has 27 heavy (non-hydrogen) atoms. The predicted molar refractivity (Wildman–Crippen MR) is 98.2 cm³/mol. The number of aryl methyl sites for hydroxylation is 3. The van der Waals surface area contributed by atoms with Crippen molar-refractivity contribution >= 4 is 21.8 Å². The molecule has 0 fully saturated rings. The minimum atomic E-state index is -4.49. The zero-order valence-electron chi connectivity index (χ0n) is 15.7. The van der Waals surface area contributed by atoms with Gasteiger partial charge in [-0.25, -0.2) is 0 Å². The second-order valence-electron chi connectivity index (χ2n) is 6.60.